The Morgan fingerprint density at radius 2 is 1.75 bits per heavy atom. The van der Waals surface area contributed by atoms with E-state index in [1.807, 2.05) is 0 Å². The van der Waals surface area contributed by atoms with Crippen LogP contribution in [0.1, 0.15) is 18.4 Å². The van der Waals surface area contributed by atoms with E-state index in [1.54, 1.807) is 24.3 Å². The van der Waals surface area contributed by atoms with Crippen molar-refractivity contribution >= 4 is 11.6 Å². The van der Waals surface area contributed by atoms with E-state index in [0.29, 0.717) is 5.02 Å². The Morgan fingerprint density at radius 3 is 2.19 bits per heavy atom. The van der Waals surface area contributed by atoms with Gasteiger partial charge >= 0.3 is 6.18 Å². The Bertz CT molecular complexity index is 368. The lowest BCUT2D eigenvalue weighted by atomic mass is 10.2. The fraction of sp³-hybridized carbons (Fsp3) is 0.455. The maximum atomic E-state index is 12.6. The van der Waals surface area contributed by atoms with Crippen molar-refractivity contribution in [1.29, 1.82) is 0 Å². The zero-order valence-corrected chi connectivity index (χ0v) is 9.20. The fourth-order valence-corrected chi connectivity index (χ4v) is 1.68. The van der Waals surface area contributed by atoms with Crippen LogP contribution in [0.25, 0.3) is 0 Å². The molecule has 0 atom stereocenters. The minimum Gasteiger partial charge on any atom is -0.299 e. The predicted molar refractivity (Wildman–Crippen MR) is 56.3 cm³/mol. The van der Waals surface area contributed by atoms with E-state index in [4.69, 9.17) is 11.6 Å². The molecule has 1 saturated carbocycles. The van der Waals surface area contributed by atoms with Crippen LogP contribution in [0.2, 0.25) is 5.02 Å². The molecule has 1 aliphatic carbocycles. The minimum atomic E-state index is -4.15. The monoisotopic (exact) mass is 249 g/mol. The maximum Gasteiger partial charge on any atom is 0.406 e. The van der Waals surface area contributed by atoms with Crippen LogP contribution in [0, 0.1) is 0 Å². The Morgan fingerprint density at radius 1 is 1.19 bits per heavy atom. The summed E-state index contributed by atoms with van der Waals surface area (Å²) in [6.45, 7) is 0.219. The van der Waals surface area contributed by atoms with E-state index in [-0.39, 0.29) is 19.4 Å². The molecule has 1 nitrogen and oxygen atoms in total. The van der Waals surface area contributed by atoms with Crippen molar-refractivity contribution in [3.8, 4) is 0 Å². The number of nitrogens with one attached hydrogen (secondary N) is 1. The average Bonchev–Trinajstić information content (AvgIpc) is 2.97. The second-order valence-electron chi connectivity index (χ2n) is 4.06. The van der Waals surface area contributed by atoms with Crippen molar-refractivity contribution in [3.05, 3.63) is 34.9 Å². The van der Waals surface area contributed by atoms with Crippen LogP contribution in [0.15, 0.2) is 24.3 Å². The van der Waals surface area contributed by atoms with Gasteiger partial charge in [-0.1, -0.05) is 23.7 Å². The molecule has 1 aromatic rings. The topological polar surface area (TPSA) is 12.0 Å². The highest BCUT2D eigenvalue weighted by Crippen LogP contribution is 2.49. The molecule has 0 aromatic heterocycles. The third-order valence-corrected chi connectivity index (χ3v) is 3.09. The molecule has 0 unspecified atom stereocenters. The van der Waals surface area contributed by atoms with Crippen molar-refractivity contribution in [2.75, 3.05) is 0 Å². The summed E-state index contributed by atoms with van der Waals surface area (Å²) in [6.07, 6.45) is -3.81. The molecule has 0 radical (unpaired) electrons. The second kappa shape index (κ2) is 3.93. The summed E-state index contributed by atoms with van der Waals surface area (Å²) < 4.78 is 37.7. The molecule has 1 fully saturated rings. The molecule has 2 rings (SSSR count). The number of rotatable bonds is 3. The number of benzene rings is 1. The van der Waals surface area contributed by atoms with Gasteiger partial charge in [-0.2, -0.15) is 13.2 Å². The van der Waals surface area contributed by atoms with Gasteiger partial charge in [-0.3, -0.25) is 5.32 Å². The largest absolute Gasteiger partial charge is 0.406 e. The van der Waals surface area contributed by atoms with Crippen LogP contribution < -0.4 is 5.32 Å². The lowest BCUT2D eigenvalue weighted by Crippen LogP contribution is -2.44. The van der Waals surface area contributed by atoms with E-state index in [1.165, 1.54) is 0 Å². The molecule has 16 heavy (non-hydrogen) atoms. The quantitative estimate of drug-likeness (QED) is 0.864. The maximum absolute atomic E-state index is 12.6. The Kier molecular flexibility index (Phi) is 2.88. The summed E-state index contributed by atoms with van der Waals surface area (Å²) in [6, 6.07) is 6.79. The van der Waals surface area contributed by atoms with E-state index in [9.17, 15) is 13.2 Å². The molecule has 0 bridgehead atoms. The number of halogens is 4. The van der Waals surface area contributed by atoms with Gasteiger partial charge in [0.2, 0.25) is 0 Å². The first-order chi connectivity index (χ1) is 7.43. The summed E-state index contributed by atoms with van der Waals surface area (Å²) in [7, 11) is 0. The first-order valence-corrected chi connectivity index (χ1v) is 5.37. The molecule has 0 saturated heterocycles. The lowest BCUT2D eigenvalue weighted by molar-refractivity contribution is -0.166. The zero-order chi connectivity index (χ0) is 11.8. The Labute approximate surface area is 96.6 Å². The fourth-order valence-electron chi connectivity index (χ4n) is 1.56. The molecule has 1 N–H and O–H groups in total. The zero-order valence-electron chi connectivity index (χ0n) is 8.44. The van der Waals surface area contributed by atoms with Crippen LogP contribution in [0.4, 0.5) is 13.2 Å². The first kappa shape index (κ1) is 11.7. The van der Waals surface area contributed by atoms with E-state index in [0.717, 1.165) is 5.56 Å². The van der Waals surface area contributed by atoms with Crippen LogP contribution in [-0.2, 0) is 6.54 Å². The minimum absolute atomic E-state index is 0.171. The van der Waals surface area contributed by atoms with Crippen molar-refractivity contribution in [2.24, 2.45) is 0 Å². The lowest BCUT2D eigenvalue weighted by Gasteiger charge is -2.20. The Hall–Kier alpha value is -0.740. The summed E-state index contributed by atoms with van der Waals surface area (Å²) in [5.74, 6) is 0. The van der Waals surface area contributed by atoms with Crippen LogP contribution in [0.3, 0.4) is 0 Å². The molecule has 0 aliphatic heterocycles. The molecule has 5 heteroatoms. The van der Waals surface area contributed by atoms with Gasteiger partial charge in [-0.15, -0.1) is 0 Å². The molecule has 0 heterocycles. The van der Waals surface area contributed by atoms with Gasteiger partial charge in [0.1, 0.15) is 5.54 Å². The average molecular weight is 250 g/mol. The molecule has 0 amide bonds. The van der Waals surface area contributed by atoms with E-state index >= 15 is 0 Å². The highest BCUT2D eigenvalue weighted by atomic mass is 35.5. The van der Waals surface area contributed by atoms with Gasteiger partial charge in [-0.25, -0.2) is 0 Å². The molecule has 0 spiro atoms. The highest BCUT2D eigenvalue weighted by molar-refractivity contribution is 6.30. The van der Waals surface area contributed by atoms with Gasteiger partial charge in [0.15, 0.2) is 0 Å². The smallest absolute Gasteiger partial charge is 0.299 e. The number of alkyl halides is 3. The highest BCUT2D eigenvalue weighted by Gasteiger charge is 2.62. The van der Waals surface area contributed by atoms with Crippen molar-refractivity contribution < 1.29 is 13.2 Å². The predicted octanol–water partition coefficient (Wildman–Crippen LogP) is 3.52. The van der Waals surface area contributed by atoms with Crippen molar-refractivity contribution in [1.82, 2.24) is 5.32 Å². The molecule has 1 aliphatic rings. The van der Waals surface area contributed by atoms with Crippen molar-refractivity contribution in [3.63, 3.8) is 0 Å². The summed E-state index contributed by atoms with van der Waals surface area (Å²) >= 11 is 5.69. The van der Waals surface area contributed by atoms with E-state index in [2.05, 4.69) is 5.32 Å². The molecular weight excluding hydrogens is 239 g/mol. The van der Waals surface area contributed by atoms with Crippen LogP contribution >= 0.6 is 11.6 Å². The molecular formula is C11H11ClF3N. The van der Waals surface area contributed by atoms with Gasteiger partial charge in [0, 0.05) is 11.6 Å². The normalized spacial score (nSPS) is 18.5. The standard InChI is InChI=1S/C11H11ClF3N/c12-9-3-1-8(2-4-9)7-16-10(5-6-10)11(13,14)15/h1-4,16H,5-7H2. The SMILES string of the molecule is FC(F)(F)C1(NCc2ccc(Cl)cc2)CC1. The third kappa shape index (κ3) is 2.33. The third-order valence-electron chi connectivity index (χ3n) is 2.84. The summed E-state index contributed by atoms with van der Waals surface area (Å²) in [5.41, 5.74) is -0.841. The molecule has 88 valence electrons. The Balaban J connectivity index is 1.96. The molecule has 1 aromatic carbocycles. The summed E-state index contributed by atoms with van der Waals surface area (Å²) in [5, 5.41) is 3.16. The second-order valence-corrected chi connectivity index (χ2v) is 4.50. The van der Waals surface area contributed by atoms with Crippen LogP contribution in [-0.4, -0.2) is 11.7 Å². The van der Waals surface area contributed by atoms with E-state index < -0.39 is 11.7 Å². The number of hydrogen-bond donors (Lipinski definition) is 1. The number of hydrogen-bond acceptors (Lipinski definition) is 1. The first-order valence-electron chi connectivity index (χ1n) is 4.99. The summed E-state index contributed by atoms with van der Waals surface area (Å²) in [4.78, 5) is 0. The van der Waals surface area contributed by atoms with Crippen LogP contribution in [0.5, 0.6) is 0 Å². The van der Waals surface area contributed by atoms with Crippen molar-refractivity contribution in [2.45, 2.75) is 31.1 Å². The van der Waals surface area contributed by atoms with Gasteiger partial charge in [0.25, 0.3) is 0 Å². The van der Waals surface area contributed by atoms with Gasteiger partial charge < -0.3 is 0 Å². The van der Waals surface area contributed by atoms with Gasteiger partial charge in [-0.05, 0) is 30.5 Å². The van der Waals surface area contributed by atoms with Gasteiger partial charge in [0.05, 0.1) is 0 Å².